The van der Waals surface area contributed by atoms with Gasteiger partial charge in [-0.2, -0.15) is 0 Å². The smallest absolute Gasteiger partial charge is 0.272 e. The molecule has 1 aliphatic rings. The summed E-state index contributed by atoms with van der Waals surface area (Å²) >= 11 is 5.85. The minimum atomic E-state index is 0.00407. The first kappa shape index (κ1) is 11.4. The highest BCUT2D eigenvalue weighted by molar-refractivity contribution is 6.30. The number of carbonyl (C=O) groups excluding carboxylic acids is 1. The van der Waals surface area contributed by atoms with Crippen LogP contribution in [0.2, 0.25) is 5.02 Å². The summed E-state index contributed by atoms with van der Waals surface area (Å²) in [7, 11) is 0. The summed E-state index contributed by atoms with van der Waals surface area (Å²) < 4.78 is 0. The molecule has 0 saturated carbocycles. The molecule has 0 atom stereocenters. The van der Waals surface area contributed by atoms with E-state index >= 15 is 0 Å². The second kappa shape index (κ2) is 5.30. The molecule has 1 saturated heterocycles. The van der Waals surface area contributed by atoms with Gasteiger partial charge in [-0.25, -0.2) is 0 Å². The number of amides is 1. The molecule has 16 heavy (non-hydrogen) atoms. The number of aromatic nitrogens is 1. The van der Waals surface area contributed by atoms with Gasteiger partial charge in [0.2, 0.25) is 0 Å². The topological polar surface area (TPSA) is 33.2 Å². The van der Waals surface area contributed by atoms with E-state index in [4.69, 9.17) is 11.6 Å². The molecule has 4 heteroatoms. The second-order valence-corrected chi connectivity index (χ2v) is 4.50. The predicted molar refractivity (Wildman–Crippen MR) is 63.6 cm³/mol. The zero-order valence-electron chi connectivity index (χ0n) is 9.16. The Hall–Kier alpha value is -1.09. The van der Waals surface area contributed by atoms with Crippen LogP contribution in [0.4, 0.5) is 0 Å². The summed E-state index contributed by atoms with van der Waals surface area (Å²) in [4.78, 5) is 18.1. The van der Waals surface area contributed by atoms with E-state index in [1.54, 1.807) is 18.3 Å². The van der Waals surface area contributed by atoms with Crippen LogP contribution < -0.4 is 0 Å². The monoisotopic (exact) mass is 238 g/mol. The van der Waals surface area contributed by atoms with Gasteiger partial charge >= 0.3 is 0 Å². The van der Waals surface area contributed by atoms with Crippen molar-refractivity contribution >= 4 is 17.5 Å². The Labute approximate surface area is 100 Å². The van der Waals surface area contributed by atoms with Crippen molar-refractivity contribution in [3.05, 3.63) is 29.0 Å². The summed E-state index contributed by atoms with van der Waals surface area (Å²) in [5, 5.41) is 0.563. The van der Waals surface area contributed by atoms with E-state index in [-0.39, 0.29) is 5.91 Å². The molecular weight excluding hydrogens is 224 g/mol. The molecule has 0 radical (unpaired) electrons. The van der Waals surface area contributed by atoms with Crippen LogP contribution in [0.5, 0.6) is 0 Å². The first-order valence-electron chi connectivity index (χ1n) is 5.68. The van der Waals surface area contributed by atoms with Gasteiger partial charge in [-0.05, 0) is 25.0 Å². The van der Waals surface area contributed by atoms with Crippen molar-refractivity contribution in [2.24, 2.45) is 0 Å². The Morgan fingerprint density at radius 3 is 2.56 bits per heavy atom. The van der Waals surface area contributed by atoms with Crippen LogP contribution in [0.1, 0.15) is 36.2 Å². The van der Waals surface area contributed by atoms with Crippen molar-refractivity contribution in [1.82, 2.24) is 9.88 Å². The third-order valence-corrected chi connectivity index (χ3v) is 3.07. The van der Waals surface area contributed by atoms with Gasteiger partial charge in [-0.3, -0.25) is 9.78 Å². The summed E-state index contributed by atoms with van der Waals surface area (Å²) in [6, 6.07) is 3.32. The Morgan fingerprint density at radius 2 is 1.94 bits per heavy atom. The zero-order chi connectivity index (χ0) is 11.4. The quantitative estimate of drug-likeness (QED) is 0.754. The van der Waals surface area contributed by atoms with E-state index in [1.165, 1.54) is 12.8 Å². The molecule has 2 rings (SSSR count). The van der Waals surface area contributed by atoms with Gasteiger partial charge in [0, 0.05) is 24.3 Å². The van der Waals surface area contributed by atoms with Gasteiger partial charge in [0.1, 0.15) is 5.69 Å². The SMILES string of the molecule is O=C(c1cc(Cl)ccn1)N1CCCCCC1. The van der Waals surface area contributed by atoms with Crippen molar-refractivity contribution in [3.8, 4) is 0 Å². The van der Waals surface area contributed by atoms with E-state index in [2.05, 4.69) is 4.98 Å². The third-order valence-electron chi connectivity index (χ3n) is 2.83. The van der Waals surface area contributed by atoms with Crippen LogP contribution in [-0.2, 0) is 0 Å². The maximum absolute atomic E-state index is 12.1. The lowest BCUT2D eigenvalue weighted by atomic mass is 10.2. The summed E-state index contributed by atoms with van der Waals surface area (Å²) in [5.41, 5.74) is 0.453. The Morgan fingerprint density at radius 1 is 1.25 bits per heavy atom. The highest BCUT2D eigenvalue weighted by Crippen LogP contribution is 2.14. The lowest BCUT2D eigenvalue weighted by Crippen LogP contribution is -2.32. The van der Waals surface area contributed by atoms with E-state index < -0.39 is 0 Å². The molecule has 0 aromatic carbocycles. The number of pyridine rings is 1. The molecule has 1 aromatic heterocycles. The average molecular weight is 239 g/mol. The number of hydrogen-bond donors (Lipinski definition) is 0. The van der Waals surface area contributed by atoms with E-state index in [9.17, 15) is 4.79 Å². The molecule has 0 unspecified atom stereocenters. The van der Waals surface area contributed by atoms with Gasteiger partial charge in [0.25, 0.3) is 5.91 Å². The lowest BCUT2D eigenvalue weighted by Gasteiger charge is -2.19. The van der Waals surface area contributed by atoms with E-state index in [1.807, 2.05) is 4.90 Å². The highest BCUT2D eigenvalue weighted by atomic mass is 35.5. The number of halogens is 1. The number of hydrogen-bond acceptors (Lipinski definition) is 2. The Bertz CT molecular complexity index is 373. The van der Waals surface area contributed by atoms with Crippen molar-refractivity contribution in [3.63, 3.8) is 0 Å². The zero-order valence-corrected chi connectivity index (χ0v) is 9.91. The van der Waals surface area contributed by atoms with Gasteiger partial charge in [-0.15, -0.1) is 0 Å². The van der Waals surface area contributed by atoms with Crippen LogP contribution in [-0.4, -0.2) is 28.9 Å². The van der Waals surface area contributed by atoms with Crippen LogP contribution in [0, 0.1) is 0 Å². The number of nitrogens with zero attached hydrogens (tertiary/aromatic N) is 2. The second-order valence-electron chi connectivity index (χ2n) is 4.07. The number of carbonyl (C=O) groups is 1. The van der Waals surface area contributed by atoms with E-state index in [0.29, 0.717) is 10.7 Å². The first-order valence-corrected chi connectivity index (χ1v) is 6.06. The fourth-order valence-corrected chi connectivity index (χ4v) is 2.12. The Kier molecular flexibility index (Phi) is 3.78. The number of likely N-dealkylation sites (tertiary alicyclic amines) is 1. The summed E-state index contributed by atoms with van der Waals surface area (Å²) in [6.45, 7) is 1.68. The van der Waals surface area contributed by atoms with Crippen molar-refractivity contribution < 1.29 is 4.79 Å². The fraction of sp³-hybridized carbons (Fsp3) is 0.500. The lowest BCUT2D eigenvalue weighted by molar-refractivity contribution is 0.0756. The van der Waals surface area contributed by atoms with Crippen LogP contribution in [0.3, 0.4) is 0 Å². The predicted octanol–water partition coefficient (Wildman–Crippen LogP) is 2.75. The minimum absolute atomic E-state index is 0.00407. The van der Waals surface area contributed by atoms with E-state index in [0.717, 1.165) is 25.9 Å². The minimum Gasteiger partial charge on any atom is -0.337 e. The molecule has 1 aromatic rings. The fourth-order valence-electron chi connectivity index (χ4n) is 1.96. The van der Waals surface area contributed by atoms with Gasteiger partial charge < -0.3 is 4.90 Å². The summed E-state index contributed by atoms with van der Waals surface area (Å²) in [6.07, 6.45) is 6.19. The normalized spacial score (nSPS) is 16.9. The first-order chi connectivity index (χ1) is 7.77. The van der Waals surface area contributed by atoms with Crippen molar-refractivity contribution in [1.29, 1.82) is 0 Å². The standard InChI is InChI=1S/C12H15ClN2O/c13-10-5-6-14-11(9-10)12(16)15-7-3-1-2-4-8-15/h5-6,9H,1-4,7-8H2. The maximum Gasteiger partial charge on any atom is 0.272 e. The van der Waals surface area contributed by atoms with Crippen molar-refractivity contribution in [2.75, 3.05) is 13.1 Å². The highest BCUT2D eigenvalue weighted by Gasteiger charge is 2.18. The molecule has 0 spiro atoms. The molecular formula is C12H15ClN2O. The van der Waals surface area contributed by atoms with Crippen LogP contribution in [0.25, 0.3) is 0 Å². The van der Waals surface area contributed by atoms with Crippen LogP contribution in [0.15, 0.2) is 18.3 Å². The van der Waals surface area contributed by atoms with Crippen molar-refractivity contribution in [2.45, 2.75) is 25.7 Å². The molecule has 0 N–H and O–H groups in total. The van der Waals surface area contributed by atoms with Gasteiger partial charge in [0.15, 0.2) is 0 Å². The molecule has 1 aliphatic heterocycles. The molecule has 3 nitrogen and oxygen atoms in total. The Balaban J connectivity index is 2.11. The molecule has 0 aliphatic carbocycles. The number of rotatable bonds is 1. The maximum atomic E-state index is 12.1. The third kappa shape index (κ3) is 2.73. The van der Waals surface area contributed by atoms with Gasteiger partial charge in [-0.1, -0.05) is 24.4 Å². The average Bonchev–Trinajstić information content (AvgIpc) is 2.56. The molecule has 86 valence electrons. The molecule has 0 bridgehead atoms. The van der Waals surface area contributed by atoms with Gasteiger partial charge in [0.05, 0.1) is 0 Å². The molecule has 2 heterocycles. The molecule has 1 fully saturated rings. The largest absolute Gasteiger partial charge is 0.337 e. The van der Waals surface area contributed by atoms with Crippen LogP contribution >= 0.6 is 11.6 Å². The molecule has 1 amide bonds. The summed E-state index contributed by atoms with van der Waals surface area (Å²) in [5.74, 6) is 0.00407.